The molecular formula is C25H22BrN7O. The van der Waals surface area contributed by atoms with Crippen LogP contribution >= 0.6 is 15.9 Å². The molecule has 1 saturated heterocycles. The zero-order valence-electron chi connectivity index (χ0n) is 18.5. The van der Waals surface area contributed by atoms with E-state index in [0.717, 1.165) is 67.5 Å². The predicted molar refractivity (Wildman–Crippen MR) is 132 cm³/mol. The summed E-state index contributed by atoms with van der Waals surface area (Å²) >= 11 is 3.54. The second-order valence-corrected chi connectivity index (χ2v) is 9.89. The molecule has 4 aromatic rings. The van der Waals surface area contributed by atoms with Gasteiger partial charge in [-0.1, -0.05) is 6.07 Å². The summed E-state index contributed by atoms with van der Waals surface area (Å²) in [5.74, 6) is 1.64. The maximum atomic E-state index is 12.6. The van der Waals surface area contributed by atoms with Gasteiger partial charge in [-0.15, -0.1) is 0 Å². The minimum atomic E-state index is 0.145. The van der Waals surface area contributed by atoms with Crippen LogP contribution < -0.4 is 0 Å². The highest BCUT2D eigenvalue weighted by Gasteiger charge is 2.34. The number of hydrogen-bond donors (Lipinski definition) is 0. The van der Waals surface area contributed by atoms with Gasteiger partial charge in [-0.05, 0) is 71.1 Å². The van der Waals surface area contributed by atoms with Gasteiger partial charge in [-0.3, -0.25) is 9.78 Å². The van der Waals surface area contributed by atoms with E-state index < -0.39 is 0 Å². The van der Waals surface area contributed by atoms with Gasteiger partial charge in [0.25, 0.3) is 0 Å². The van der Waals surface area contributed by atoms with Crippen LogP contribution in [-0.4, -0.2) is 48.6 Å². The molecule has 2 aliphatic rings. The molecule has 0 spiro atoms. The Kier molecular flexibility index (Phi) is 5.26. The summed E-state index contributed by atoms with van der Waals surface area (Å²) in [6.45, 7) is 9.43. The van der Waals surface area contributed by atoms with E-state index >= 15 is 0 Å². The van der Waals surface area contributed by atoms with E-state index in [2.05, 4.69) is 35.8 Å². The average molecular weight is 516 g/mol. The first-order valence-electron chi connectivity index (χ1n) is 11.6. The first-order chi connectivity index (χ1) is 16.6. The van der Waals surface area contributed by atoms with Gasteiger partial charge in [0.1, 0.15) is 10.4 Å². The molecule has 9 heteroatoms. The lowest BCUT2D eigenvalue weighted by Crippen LogP contribution is -2.44. The maximum Gasteiger partial charge on any atom is 0.225 e. The number of pyridine rings is 1. The quantitative estimate of drug-likeness (QED) is 0.362. The largest absolute Gasteiger partial charge is 0.342 e. The fraction of sp³-hybridized carbons (Fsp3) is 0.360. The van der Waals surface area contributed by atoms with Crippen LogP contribution in [0.2, 0.25) is 0 Å². The number of benzene rings is 1. The Morgan fingerprint density at radius 1 is 1.24 bits per heavy atom. The lowest BCUT2D eigenvalue weighted by molar-refractivity contribution is -0.138. The monoisotopic (exact) mass is 515 g/mol. The number of nitrogens with zero attached hydrogens (tertiary/aromatic N) is 7. The summed E-state index contributed by atoms with van der Waals surface area (Å²) in [6, 6.07) is 7.57. The van der Waals surface area contributed by atoms with Crippen LogP contribution in [0, 0.1) is 18.4 Å². The van der Waals surface area contributed by atoms with Crippen molar-refractivity contribution < 1.29 is 4.79 Å². The van der Waals surface area contributed by atoms with Crippen LogP contribution in [-0.2, 0) is 11.2 Å². The third-order valence-electron chi connectivity index (χ3n) is 6.99. The number of fused-ring (bicyclic) bond motifs is 2. The van der Waals surface area contributed by atoms with E-state index in [1.807, 2.05) is 23.1 Å². The van der Waals surface area contributed by atoms with Crippen LogP contribution in [0.4, 0.5) is 5.69 Å². The van der Waals surface area contributed by atoms with E-state index in [9.17, 15) is 4.79 Å². The Morgan fingerprint density at radius 2 is 2.12 bits per heavy atom. The van der Waals surface area contributed by atoms with Crippen molar-refractivity contribution in [3.05, 3.63) is 58.5 Å². The van der Waals surface area contributed by atoms with Gasteiger partial charge in [0, 0.05) is 37.8 Å². The molecule has 0 unspecified atom stereocenters. The summed E-state index contributed by atoms with van der Waals surface area (Å²) in [4.78, 5) is 32.1. The molecule has 3 aromatic heterocycles. The summed E-state index contributed by atoms with van der Waals surface area (Å²) in [6.07, 6.45) is 8.27. The number of likely N-dealkylation sites (tertiary alicyclic amines) is 1. The number of halogens is 1. The molecule has 1 aliphatic heterocycles. The van der Waals surface area contributed by atoms with Gasteiger partial charge in [-0.2, -0.15) is 5.10 Å². The molecule has 6 rings (SSSR count). The summed E-state index contributed by atoms with van der Waals surface area (Å²) < 4.78 is 2.42. The Bertz CT molecular complexity index is 1470. The number of aromatic nitrogens is 5. The second kappa shape index (κ2) is 8.44. The van der Waals surface area contributed by atoms with Crippen LogP contribution in [0.1, 0.15) is 31.5 Å². The Morgan fingerprint density at radius 3 is 2.91 bits per heavy atom. The summed E-state index contributed by atoms with van der Waals surface area (Å²) in [7, 11) is 0. The van der Waals surface area contributed by atoms with Crippen LogP contribution in [0.25, 0.3) is 32.5 Å². The molecular weight excluding hydrogens is 494 g/mol. The number of carbonyl (C=O) groups excluding carboxylic acids is 1. The fourth-order valence-corrected chi connectivity index (χ4v) is 5.52. The third kappa shape index (κ3) is 3.62. The van der Waals surface area contributed by atoms with Crippen molar-refractivity contribution in [3.63, 3.8) is 0 Å². The van der Waals surface area contributed by atoms with Crippen molar-refractivity contribution in [1.82, 2.24) is 29.6 Å². The summed E-state index contributed by atoms with van der Waals surface area (Å²) in [5, 5.41) is 6.34. The van der Waals surface area contributed by atoms with Gasteiger partial charge in [-0.25, -0.2) is 19.5 Å². The maximum absolute atomic E-state index is 12.6. The molecule has 1 amide bonds. The van der Waals surface area contributed by atoms with Crippen molar-refractivity contribution in [2.45, 2.75) is 32.1 Å². The van der Waals surface area contributed by atoms with Crippen LogP contribution in [0.5, 0.6) is 0 Å². The number of carbonyl (C=O) groups is 1. The first-order valence-corrected chi connectivity index (χ1v) is 12.4. The van der Waals surface area contributed by atoms with Crippen molar-refractivity contribution >= 4 is 49.5 Å². The molecule has 34 heavy (non-hydrogen) atoms. The molecule has 170 valence electrons. The van der Waals surface area contributed by atoms with Crippen LogP contribution in [0.3, 0.4) is 0 Å². The number of hydrogen-bond acceptors (Lipinski definition) is 5. The second-order valence-electron chi connectivity index (χ2n) is 9.14. The molecule has 1 aliphatic carbocycles. The highest BCUT2D eigenvalue weighted by atomic mass is 79.9. The molecule has 2 atom stereocenters. The van der Waals surface area contributed by atoms with Crippen molar-refractivity contribution in [1.29, 1.82) is 0 Å². The van der Waals surface area contributed by atoms with Crippen molar-refractivity contribution in [3.8, 4) is 5.69 Å². The standard InChI is InChI=1S/C25H22BrN7O/c1-27-20-13-18(12-16-4-2-7-28-22(16)20)33-24-19(23(26)31-33)14-29-21(30-24)11-15-5-6-17(10-15)25(34)32-8-3-9-32/h2,4,7,12-15,17H,3,5-6,8-11H2/t15-,17-/m1/s1. The fourth-order valence-electron chi connectivity index (χ4n) is 5.09. The Hall–Kier alpha value is -3.38. The van der Waals surface area contributed by atoms with Gasteiger partial charge in [0.15, 0.2) is 5.65 Å². The number of amides is 1. The van der Waals surface area contributed by atoms with E-state index in [1.54, 1.807) is 23.1 Å². The molecule has 1 aromatic carbocycles. The van der Waals surface area contributed by atoms with E-state index in [0.29, 0.717) is 33.3 Å². The normalized spacial score (nSPS) is 19.9. The molecule has 1 saturated carbocycles. The third-order valence-corrected chi connectivity index (χ3v) is 7.58. The zero-order valence-corrected chi connectivity index (χ0v) is 20.1. The Labute approximate surface area is 205 Å². The van der Waals surface area contributed by atoms with Gasteiger partial charge in [0.05, 0.1) is 23.2 Å². The Balaban J connectivity index is 1.31. The lowest BCUT2D eigenvalue weighted by Gasteiger charge is -2.33. The van der Waals surface area contributed by atoms with E-state index in [4.69, 9.17) is 11.6 Å². The number of rotatable bonds is 4. The zero-order chi connectivity index (χ0) is 23.2. The molecule has 0 bridgehead atoms. The van der Waals surface area contributed by atoms with Crippen LogP contribution in [0.15, 0.2) is 41.3 Å². The average Bonchev–Trinajstić information content (AvgIpc) is 3.41. The van der Waals surface area contributed by atoms with E-state index in [-0.39, 0.29) is 5.92 Å². The SMILES string of the molecule is [C-]#[N+]c1cc(-n2nc(Br)c3cnc(C[C@@H]4CC[C@@H](C(=O)N5CCC5)C4)nc32)cc2cccnc12. The lowest BCUT2D eigenvalue weighted by atomic mass is 9.99. The summed E-state index contributed by atoms with van der Waals surface area (Å²) in [5.41, 5.74) is 2.61. The smallest absolute Gasteiger partial charge is 0.225 e. The first kappa shape index (κ1) is 21.2. The van der Waals surface area contributed by atoms with Gasteiger partial charge < -0.3 is 4.90 Å². The minimum Gasteiger partial charge on any atom is -0.342 e. The topological polar surface area (TPSA) is 81.2 Å². The molecule has 8 nitrogen and oxygen atoms in total. The van der Waals surface area contributed by atoms with Crippen molar-refractivity contribution in [2.75, 3.05) is 13.1 Å². The van der Waals surface area contributed by atoms with Gasteiger partial charge in [0.2, 0.25) is 11.6 Å². The molecule has 2 fully saturated rings. The predicted octanol–water partition coefficient (Wildman–Crippen LogP) is 4.87. The molecule has 0 N–H and O–H groups in total. The van der Waals surface area contributed by atoms with E-state index in [1.165, 1.54) is 0 Å². The molecule has 4 heterocycles. The minimum absolute atomic E-state index is 0.145. The highest BCUT2D eigenvalue weighted by Crippen LogP contribution is 2.35. The highest BCUT2D eigenvalue weighted by molar-refractivity contribution is 9.10. The van der Waals surface area contributed by atoms with Crippen molar-refractivity contribution in [2.24, 2.45) is 11.8 Å². The van der Waals surface area contributed by atoms with Gasteiger partial charge >= 0.3 is 0 Å². The molecule has 0 radical (unpaired) electrons.